The second-order valence-corrected chi connectivity index (χ2v) is 9.00. The average Bonchev–Trinajstić information content (AvgIpc) is 3.19. The molecule has 1 heteroatoms. The fraction of sp³-hybridized carbons (Fsp3) is 0.172. The first-order chi connectivity index (χ1) is 14.6. The highest BCUT2D eigenvalue weighted by molar-refractivity contribution is 9.11. The van der Waals surface area contributed by atoms with Crippen molar-refractivity contribution in [3.8, 4) is 22.3 Å². The average molecular weight is 453 g/mol. The molecule has 3 aromatic carbocycles. The minimum Gasteiger partial charge on any atom is -0.0845 e. The van der Waals surface area contributed by atoms with Crippen molar-refractivity contribution in [2.45, 2.75) is 32.6 Å². The van der Waals surface area contributed by atoms with Gasteiger partial charge >= 0.3 is 0 Å². The largest absolute Gasteiger partial charge is 0.0845 e. The van der Waals surface area contributed by atoms with E-state index in [2.05, 4.69) is 122 Å². The van der Waals surface area contributed by atoms with Gasteiger partial charge in [0.1, 0.15) is 0 Å². The zero-order valence-electron chi connectivity index (χ0n) is 17.7. The molecule has 3 aromatic rings. The number of allylic oxidation sites excluding steroid dienone is 6. The minimum absolute atomic E-state index is 0.267. The molecular weight excluding hydrogens is 428 g/mol. The molecule has 148 valence electrons. The lowest BCUT2D eigenvalue weighted by molar-refractivity contribution is 0.802. The molecule has 0 aromatic heterocycles. The molecule has 2 aliphatic rings. The summed E-state index contributed by atoms with van der Waals surface area (Å²) in [7, 11) is 0. The number of hydrogen-bond donors (Lipinski definition) is 0. The summed E-state index contributed by atoms with van der Waals surface area (Å²) >= 11 is 4.09. The number of halogens is 1. The number of benzene rings is 3. The van der Waals surface area contributed by atoms with Crippen molar-refractivity contribution >= 4 is 15.9 Å². The fourth-order valence-electron chi connectivity index (χ4n) is 5.15. The van der Waals surface area contributed by atoms with Crippen LogP contribution in [0.4, 0.5) is 0 Å². The lowest BCUT2D eigenvalue weighted by atomic mass is 9.72. The maximum atomic E-state index is 4.09. The third-order valence-corrected chi connectivity index (χ3v) is 7.89. The van der Waals surface area contributed by atoms with Gasteiger partial charge < -0.3 is 0 Å². The van der Waals surface area contributed by atoms with Crippen molar-refractivity contribution in [1.82, 2.24) is 0 Å². The fourth-order valence-corrected chi connectivity index (χ4v) is 6.09. The normalized spacial score (nSPS) is 19.9. The highest BCUT2D eigenvalue weighted by atomic mass is 79.9. The highest BCUT2D eigenvalue weighted by Gasteiger charge is 2.51. The molecule has 1 unspecified atom stereocenters. The molecule has 0 heterocycles. The van der Waals surface area contributed by atoms with Crippen molar-refractivity contribution in [3.63, 3.8) is 0 Å². The molecule has 1 atom stereocenters. The van der Waals surface area contributed by atoms with Crippen LogP contribution in [0.3, 0.4) is 0 Å². The van der Waals surface area contributed by atoms with Crippen LogP contribution in [0.25, 0.3) is 22.3 Å². The molecule has 0 amide bonds. The molecule has 0 bridgehead atoms. The van der Waals surface area contributed by atoms with Crippen LogP contribution in [-0.2, 0) is 5.41 Å². The molecule has 5 rings (SSSR count). The van der Waals surface area contributed by atoms with E-state index in [9.17, 15) is 0 Å². The Morgan fingerprint density at radius 2 is 1.47 bits per heavy atom. The molecule has 30 heavy (non-hydrogen) atoms. The molecule has 0 saturated heterocycles. The van der Waals surface area contributed by atoms with Gasteiger partial charge in [0.2, 0.25) is 0 Å². The maximum Gasteiger partial charge on any atom is 0.0784 e. The van der Waals surface area contributed by atoms with Crippen molar-refractivity contribution in [3.05, 3.63) is 117 Å². The molecule has 0 nitrogen and oxygen atoms in total. The summed E-state index contributed by atoms with van der Waals surface area (Å²) in [5.74, 6) is 0. The third-order valence-electron chi connectivity index (χ3n) is 6.70. The van der Waals surface area contributed by atoms with E-state index in [4.69, 9.17) is 0 Å². The molecule has 0 saturated carbocycles. The monoisotopic (exact) mass is 452 g/mol. The second kappa shape index (κ2) is 7.25. The van der Waals surface area contributed by atoms with Crippen LogP contribution in [0.1, 0.15) is 38.3 Å². The predicted molar refractivity (Wildman–Crippen MR) is 132 cm³/mol. The number of hydrogen-bond acceptors (Lipinski definition) is 0. The van der Waals surface area contributed by atoms with Gasteiger partial charge in [0.05, 0.1) is 5.41 Å². The van der Waals surface area contributed by atoms with Crippen LogP contribution in [0.5, 0.6) is 0 Å². The van der Waals surface area contributed by atoms with Gasteiger partial charge in [-0.15, -0.1) is 0 Å². The van der Waals surface area contributed by atoms with Gasteiger partial charge in [-0.25, -0.2) is 0 Å². The van der Waals surface area contributed by atoms with Crippen LogP contribution in [0.15, 0.2) is 106 Å². The van der Waals surface area contributed by atoms with Crippen molar-refractivity contribution in [2.24, 2.45) is 0 Å². The first-order valence-electron chi connectivity index (χ1n) is 10.7. The third kappa shape index (κ3) is 2.51. The zero-order valence-corrected chi connectivity index (χ0v) is 19.3. The Labute approximate surface area is 187 Å². The standard InChI is InChI=1S/C29H25Br/c1-4-5-14-25-19(2)20(3)28(30)29(25)26-15-10-9-13-23(26)24-17-16-22(18-27(24)29)21-11-7-6-8-12-21/h5-18H,4H2,1-3H3/b14-5-. The van der Waals surface area contributed by atoms with E-state index in [0.29, 0.717) is 0 Å². The summed E-state index contributed by atoms with van der Waals surface area (Å²) in [6, 6.07) is 26.6. The summed E-state index contributed by atoms with van der Waals surface area (Å²) in [6.45, 7) is 6.71. The number of rotatable bonds is 3. The van der Waals surface area contributed by atoms with Crippen LogP contribution < -0.4 is 0 Å². The van der Waals surface area contributed by atoms with Crippen LogP contribution in [0.2, 0.25) is 0 Å². The molecule has 2 aliphatic carbocycles. The topological polar surface area (TPSA) is 0 Å². The van der Waals surface area contributed by atoms with E-state index in [1.54, 1.807) is 0 Å². The lowest BCUT2D eigenvalue weighted by Crippen LogP contribution is -2.26. The van der Waals surface area contributed by atoms with E-state index in [1.807, 2.05) is 0 Å². The van der Waals surface area contributed by atoms with Crippen LogP contribution >= 0.6 is 15.9 Å². The van der Waals surface area contributed by atoms with Gasteiger partial charge in [0, 0.05) is 4.48 Å². The molecular formula is C29H25Br. The summed E-state index contributed by atoms with van der Waals surface area (Å²) in [5.41, 5.74) is 11.8. The summed E-state index contributed by atoms with van der Waals surface area (Å²) < 4.78 is 1.28. The van der Waals surface area contributed by atoms with Crippen molar-refractivity contribution in [1.29, 1.82) is 0 Å². The van der Waals surface area contributed by atoms with Gasteiger partial charge in [-0.3, -0.25) is 0 Å². The Bertz CT molecular complexity index is 1240. The van der Waals surface area contributed by atoms with Crippen molar-refractivity contribution in [2.75, 3.05) is 0 Å². The Kier molecular flexibility index (Phi) is 4.67. The minimum atomic E-state index is -0.267. The molecule has 0 fully saturated rings. The van der Waals surface area contributed by atoms with E-state index in [-0.39, 0.29) is 5.41 Å². The Morgan fingerprint density at radius 3 is 2.23 bits per heavy atom. The van der Waals surface area contributed by atoms with E-state index in [1.165, 1.54) is 54.6 Å². The van der Waals surface area contributed by atoms with E-state index in [0.717, 1.165) is 6.42 Å². The first-order valence-corrected chi connectivity index (χ1v) is 11.4. The zero-order chi connectivity index (χ0) is 20.9. The Balaban J connectivity index is 1.87. The maximum absolute atomic E-state index is 4.09. The number of fused-ring (bicyclic) bond motifs is 5. The van der Waals surface area contributed by atoms with Gasteiger partial charge in [0.15, 0.2) is 0 Å². The van der Waals surface area contributed by atoms with Gasteiger partial charge in [-0.2, -0.15) is 0 Å². The quantitative estimate of drug-likeness (QED) is 0.373. The molecule has 1 spiro atoms. The molecule has 0 N–H and O–H groups in total. The Hall–Kier alpha value is -2.64. The van der Waals surface area contributed by atoms with Gasteiger partial charge in [0.25, 0.3) is 0 Å². The predicted octanol–water partition coefficient (Wildman–Crippen LogP) is 8.59. The lowest BCUT2D eigenvalue weighted by Gasteiger charge is -2.31. The van der Waals surface area contributed by atoms with Gasteiger partial charge in [-0.05, 0) is 76.4 Å². The Morgan fingerprint density at radius 1 is 0.767 bits per heavy atom. The SMILES string of the molecule is CC/C=C\C1=C(C)C(C)=C(Br)C12c1ccccc1-c1ccc(-c3ccccc3)cc12. The van der Waals surface area contributed by atoms with E-state index >= 15 is 0 Å². The molecule has 0 aliphatic heterocycles. The first kappa shape index (κ1) is 19.3. The smallest absolute Gasteiger partial charge is 0.0784 e. The van der Waals surface area contributed by atoms with Crippen LogP contribution in [0, 0.1) is 0 Å². The van der Waals surface area contributed by atoms with Crippen LogP contribution in [-0.4, -0.2) is 0 Å². The second-order valence-electron chi connectivity index (χ2n) is 8.21. The highest BCUT2D eigenvalue weighted by Crippen LogP contribution is 2.63. The molecule has 0 radical (unpaired) electrons. The van der Waals surface area contributed by atoms with Crippen molar-refractivity contribution < 1.29 is 0 Å². The summed E-state index contributed by atoms with van der Waals surface area (Å²) in [5, 5.41) is 0. The van der Waals surface area contributed by atoms with Gasteiger partial charge in [-0.1, -0.05) is 102 Å². The summed E-state index contributed by atoms with van der Waals surface area (Å²) in [4.78, 5) is 0. The van der Waals surface area contributed by atoms with E-state index < -0.39 is 0 Å². The summed E-state index contributed by atoms with van der Waals surface area (Å²) in [6.07, 6.45) is 5.68.